The van der Waals surface area contributed by atoms with E-state index in [4.69, 9.17) is 5.73 Å². The zero-order valence-electron chi connectivity index (χ0n) is 17.7. The number of carbonyl (C=O) groups excluding carboxylic acids is 2. The van der Waals surface area contributed by atoms with Crippen molar-refractivity contribution in [2.45, 2.75) is 19.1 Å². The monoisotopic (exact) mass is 448 g/mol. The van der Waals surface area contributed by atoms with E-state index in [-0.39, 0.29) is 25.4 Å². The number of halogens is 3. The maximum absolute atomic E-state index is 13.0. The molecule has 1 aliphatic heterocycles. The van der Waals surface area contributed by atoms with Crippen molar-refractivity contribution >= 4 is 17.5 Å². The van der Waals surface area contributed by atoms with Crippen molar-refractivity contribution in [3.63, 3.8) is 0 Å². The Morgan fingerprint density at radius 3 is 2.28 bits per heavy atom. The minimum absolute atomic E-state index is 0.0852. The molecule has 1 saturated heterocycles. The van der Waals surface area contributed by atoms with Crippen LogP contribution in [0, 0.1) is 0 Å². The van der Waals surface area contributed by atoms with Crippen LogP contribution < -0.4 is 10.6 Å². The van der Waals surface area contributed by atoms with E-state index in [9.17, 15) is 22.8 Å². The van der Waals surface area contributed by atoms with Gasteiger partial charge in [-0.15, -0.1) is 0 Å². The number of carbonyl (C=O) groups is 2. The van der Waals surface area contributed by atoms with Crippen LogP contribution in [0.25, 0.3) is 0 Å². The van der Waals surface area contributed by atoms with E-state index >= 15 is 0 Å². The molecule has 172 valence electrons. The normalized spacial score (nSPS) is 14.9. The van der Waals surface area contributed by atoms with E-state index in [0.29, 0.717) is 38.4 Å². The Labute approximate surface area is 185 Å². The van der Waals surface area contributed by atoms with Gasteiger partial charge in [-0.25, -0.2) is 0 Å². The molecule has 2 aromatic rings. The van der Waals surface area contributed by atoms with Crippen molar-refractivity contribution in [3.05, 3.63) is 65.7 Å². The van der Waals surface area contributed by atoms with Gasteiger partial charge in [-0.05, 0) is 23.8 Å². The van der Waals surface area contributed by atoms with Gasteiger partial charge in [0.15, 0.2) is 0 Å². The molecule has 0 unspecified atom stereocenters. The van der Waals surface area contributed by atoms with Crippen molar-refractivity contribution in [1.29, 1.82) is 0 Å². The molecule has 1 aliphatic rings. The van der Waals surface area contributed by atoms with Gasteiger partial charge in [-0.3, -0.25) is 14.5 Å². The van der Waals surface area contributed by atoms with E-state index < -0.39 is 17.6 Å². The Morgan fingerprint density at radius 1 is 0.969 bits per heavy atom. The van der Waals surface area contributed by atoms with Gasteiger partial charge in [-0.2, -0.15) is 13.2 Å². The number of benzene rings is 2. The van der Waals surface area contributed by atoms with Crippen LogP contribution in [0.1, 0.15) is 17.5 Å². The van der Waals surface area contributed by atoms with Gasteiger partial charge in [0.2, 0.25) is 11.8 Å². The number of nitrogens with two attached hydrogens (primary N) is 1. The summed E-state index contributed by atoms with van der Waals surface area (Å²) in [5, 5.41) is 0. The van der Waals surface area contributed by atoms with E-state index in [1.54, 1.807) is 11.0 Å². The van der Waals surface area contributed by atoms with Crippen LogP contribution >= 0.6 is 0 Å². The van der Waals surface area contributed by atoms with Crippen LogP contribution in [0.4, 0.5) is 18.9 Å². The van der Waals surface area contributed by atoms with Gasteiger partial charge in [0.25, 0.3) is 0 Å². The fourth-order valence-electron chi connectivity index (χ4n) is 3.68. The molecule has 9 heteroatoms. The van der Waals surface area contributed by atoms with Gasteiger partial charge in [0.05, 0.1) is 12.1 Å². The maximum atomic E-state index is 13.0. The highest BCUT2D eigenvalue weighted by molar-refractivity contribution is 5.79. The second kappa shape index (κ2) is 10.5. The second-order valence-electron chi connectivity index (χ2n) is 7.83. The van der Waals surface area contributed by atoms with Gasteiger partial charge in [0.1, 0.15) is 0 Å². The SMILES string of the molecule is NC(=O)CCN(Cc1ccccc1)C(=O)CN1CCN(c2cccc(C(F)(F)F)c2)CC1. The first-order chi connectivity index (χ1) is 15.2. The minimum atomic E-state index is -4.38. The Bertz CT molecular complexity index is 913. The average Bonchev–Trinajstić information content (AvgIpc) is 2.77. The summed E-state index contributed by atoms with van der Waals surface area (Å²) in [5.41, 5.74) is 6.08. The van der Waals surface area contributed by atoms with Crippen LogP contribution in [0.2, 0.25) is 0 Å². The smallest absolute Gasteiger partial charge is 0.370 e. The lowest BCUT2D eigenvalue weighted by molar-refractivity contribution is -0.137. The molecule has 1 heterocycles. The number of hydrogen-bond acceptors (Lipinski definition) is 4. The highest BCUT2D eigenvalue weighted by atomic mass is 19.4. The number of piperazine rings is 1. The summed E-state index contributed by atoms with van der Waals surface area (Å²) in [7, 11) is 0. The first kappa shape index (κ1) is 23.6. The molecule has 0 saturated carbocycles. The molecule has 0 spiro atoms. The second-order valence-corrected chi connectivity index (χ2v) is 7.83. The highest BCUT2D eigenvalue weighted by Gasteiger charge is 2.31. The van der Waals surface area contributed by atoms with E-state index in [1.165, 1.54) is 6.07 Å². The predicted octanol–water partition coefficient (Wildman–Crippen LogP) is 2.73. The first-order valence-electron chi connectivity index (χ1n) is 10.5. The molecule has 2 N–H and O–H groups in total. The largest absolute Gasteiger partial charge is 0.416 e. The topological polar surface area (TPSA) is 69.9 Å². The number of anilines is 1. The molecular formula is C23H27F3N4O2. The molecular weight excluding hydrogens is 421 g/mol. The Balaban J connectivity index is 1.57. The molecule has 1 fully saturated rings. The van der Waals surface area contributed by atoms with Crippen LogP contribution in [-0.2, 0) is 22.3 Å². The van der Waals surface area contributed by atoms with Gasteiger partial charge >= 0.3 is 6.18 Å². The molecule has 0 aromatic heterocycles. The van der Waals surface area contributed by atoms with Crippen molar-refractivity contribution in [2.24, 2.45) is 5.73 Å². The Hall–Kier alpha value is -3.07. The van der Waals surface area contributed by atoms with Gasteiger partial charge in [0, 0.05) is 51.4 Å². The number of hydrogen-bond donors (Lipinski definition) is 1. The summed E-state index contributed by atoms with van der Waals surface area (Å²) in [5.74, 6) is -0.576. The number of primary amides is 1. The zero-order chi connectivity index (χ0) is 23.1. The summed E-state index contributed by atoms with van der Waals surface area (Å²) in [6.45, 7) is 2.96. The third-order valence-corrected chi connectivity index (χ3v) is 5.47. The van der Waals surface area contributed by atoms with Crippen LogP contribution in [0.15, 0.2) is 54.6 Å². The fraction of sp³-hybridized carbons (Fsp3) is 0.391. The number of nitrogens with zero attached hydrogens (tertiary/aromatic N) is 3. The van der Waals surface area contributed by atoms with Gasteiger partial charge < -0.3 is 15.5 Å². The van der Waals surface area contributed by atoms with E-state index in [2.05, 4.69) is 0 Å². The van der Waals surface area contributed by atoms with Crippen molar-refractivity contribution in [2.75, 3.05) is 44.2 Å². The number of rotatable bonds is 8. The van der Waals surface area contributed by atoms with Crippen molar-refractivity contribution < 1.29 is 22.8 Å². The lowest BCUT2D eigenvalue weighted by Crippen LogP contribution is -2.50. The lowest BCUT2D eigenvalue weighted by atomic mass is 10.1. The summed E-state index contributed by atoms with van der Waals surface area (Å²) in [4.78, 5) is 29.7. The van der Waals surface area contributed by atoms with Crippen LogP contribution in [0.3, 0.4) is 0 Å². The molecule has 0 atom stereocenters. The number of amides is 2. The van der Waals surface area contributed by atoms with Crippen molar-refractivity contribution in [3.8, 4) is 0 Å². The zero-order valence-corrected chi connectivity index (χ0v) is 17.7. The van der Waals surface area contributed by atoms with E-state index in [0.717, 1.165) is 17.7 Å². The van der Waals surface area contributed by atoms with Crippen LogP contribution in [0.5, 0.6) is 0 Å². The molecule has 0 radical (unpaired) electrons. The molecule has 0 aliphatic carbocycles. The summed E-state index contributed by atoms with van der Waals surface area (Å²) < 4.78 is 39.0. The summed E-state index contributed by atoms with van der Waals surface area (Å²) >= 11 is 0. The molecule has 2 amide bonds. The molecule has 6 nitrogen and oxygen atoms in total. The molecule has 2 aromatic carbocycles. The summed E-state index contributed by atoms with van der Waals surface area (Å²) in [6.07, 6.45) is -4.29. The molecule has 32 heavy (non-hydrogen) atoms. The fourth-order valence-corrected chi connectivity index (χ4v) is 3.68. The average molecular weight is 448 g/mol. The van der Waals surface area contributed by atoms with E-state index in [1.807, 2.05) is 40.1 Å². The van der Waals surface area contributed by atoms with Crippen molar-refractivity contribution in [1.82, 2.24) is 9.80 Å². The molecule has 0 bridgehead atoms. The highest BCUT2D eigenvalue weighted by Crippen LogP contribution is 2.31. The third-order valence-electron chi connectivity index (χ3n) is 5.47. The minimum Gasteiger partial charge on any atom is -0.370 e. The lowest BCUT2D eigenvalue weighted by Gasteiger charge is -2.36. The third kappa shape index (κ3) is 6.71. The first-order valence-corrected chi connectivity index (χ1v) is 10.5. The Kier molecular flexibility index (Phi) is 7.74. The Morgan fingerprint density at radius 2 is 1.66 bits per heavy atom. The maximum Gasteiger partial charge on any atom is 0.416 e. The van der Waals surface area contributed by atoms with Gasteiger partial charge in [-0.1, -0.05) is 36.4 Å². The predicted molar refractivity (Wildman–Crippen MR) is 116 cm³/mol. The standard InChI is InChI=1S/C23H27F3N4O2/c24-23(25,26)19-7-4-8-20(15-19)29-13-11-28(12-14-29)17-22(32)30(10-9-21(27)31)16-18-5-2-1-3-6-18/h1-8,15H,9-14,16-17H2,(H2,27,31). The quantitative estimate of drug-likeness (QED) is 0.674. The van der Waals surface area contributed by atoms with Crippen LogP contribution in [-0.4, -0.2) is 60.9 Å². The summed E-state index contributed by atoms with van der Waals surface area (Å²) in [6, 6.07) is 14.8. The molecule has 3 rings (SSSR count). The number of alkyl halides is 3.